The first-order valence-corrected chi connectivity index (χ1v) is 5.59. The molecule has 0 saturated heterocycles. The number of halogens is 1. The first-order chi connectivity index (χ1) is 8.33. The normalized spacial score (nSPS) is 13.5. The largest absolute Gasteiger partial charge is 0.490 e. The van der Waals surface area contributed by atoms with Gasteiger partial charge in [0.25, 0.3) is 0 Å². The third-order valence-corrected chi connectivity index (χ3v) is 2.83. The molecule has 0 fully saturated rings. The van der Waals surface area contributed by atoms with Gasteiger partial charge in [-0.15, -0.1) is 0 Å². The number of benzene rings is 2. The molecule has 0 amide bonds. The van der Waals surface area contributed by atoms with Gasteiger partial charge in [-0.3, -0.25) is 0 Å². The van der Waals surface area contributed by atoms with E-state index in [-0.39, 0.29) is 5.82 Å². The van der Waals surface area contributed by atoms with E-state index in [0.717, 1.165) is 29.1 Å². The number of nitrogens with one attached hydrogen (secondary N) is 1. The van der Waals surface area contributed by atoms with Crippen LogP contribution < -0.4 is 10.1 Å². The monoisotopic (exact) mass is 229 g/mol. The molecule has 0 aliphatic carbocycles. The standard InChI is InChI=1S/C14H12FNO/c15-12-4-1-10(2-5-12)11-3-6-14-13(9-11)16-7-8-17-14/h1-6,9,16H,7-8H2. The van der Waals surface area contributed by atoms with Crippen LogP contribution in [0.5, 0.6) is 5.75 Å². The van der Waals surface area contributed by atoms with Crippen molar-refractivity contribution in [2.45, 2.75) is 0 Å². The van der Waals surface area contributed by atoms with Gasteiger partial charge in [0.1, 0.15) is 18.2 Å². The Morgan fingerprint density at radius 2 is 1.76 bits per heavy atom. The Morgan fingerprint density at radius 1 is 1.00 bits per heavy atom. The Balaban J connectivity index is 2.01. The molecule has 1 aliphatic heterocycles. The minimum Gasteiger partial charge on any atom is -0.490 e. The van der Waals surface area contributed by atoms with Crippen molar-refractivity contribution in [1.29, 1.82) is 0 Å². The van der Waals surface area contributed by atoms with Crippen LogP contribution in [0.2, 0.25) is 0 Å². The summed E-state index contributed by atoms with van der Waals surface area (Å²) < 4.78 is 18.4. The Morgan fingerprint density at radius 3 is 2.59 bits per heavy atom. The molecule has 0 saturated carbocycles. The van der Waals surface area contributed by atoms with Crippen molar-refractivity contribution in [3.63, 3.8) is 0 Å². The smallest absolute Gasteiger partial charge is 0.142 e. The summed E-state index contributed by atoms with van der Waals surface area (Å²) in [6, 6.07) is 12.5. The maximum absolute atomic E-state index is 12.8. The third-order valence-electron chi connectivity index (χ3n) is 2.83. The van der Waals surface area contributed by atoms with Gasteiger partial charge >= 0.3 is 0 Å². The molecule has 0 atom stereocenters. The highest BCUT2D eigenvalue weighted by atomic mass is 19.1. The predicted molar refractivity (Wildman–Crippen MR) is 65.8 cm³/mol. The second-order valence-electron chi connectivity index (χ2n) is 3.99. The van der Waals surface area contributed by atoms with Crippen molar-refractivity contribution in [1.82, 2.24) is 0 Å². The molecule has 17 heavy (non-hydrogen) atoms. The van der Waals surface area contributed by atoms with Gasteiger partial charge in [0.15, 0.2) is 0 Å². The Kier molecular flexibility index (Phi) is 2.44. The summed E-state index contributed by atoms with van der Waals surface area (Å²) in [5.74, 6) is 0.662. The van der Waals surface area contributed by atoms with Crippen molar-refractivity contribution in [2.24, 2.45) is 0 Å². The minimum absolute atomic E-state index is 0.215. The zero-order valence-corrected chi connectivity index (χ0v) is 9.24. The lowest BCUT2D eigenvalue weighted by molar-refractivity contribution is 0.323. The Hall–Kier alpha value is -2.03. The van der Waals surface area contributed by atoms with E-state index in [1.165, 1.54) is 12.1 Å². The lowest BCUT2D eigenvalue weighted by Crippen LogP contribution is -2.17. The highest BCUT2D eigenvalue weighted by molar-refractivity contribution is 5.72. The third kappa shape index (κ3) is 1.96. The number of fused-ring (bicyclic) bond motifs is 1. The van der Waals surface area contributed by atoms with Crippen molar-refractivity contribution in [3.05, 3.63) is 48.3 Å². The number of hydrogen-bond acceptors (Lipinski definition) is 2. The van der Waals surface area contributed by atoms with Gasteiger partial charge in [-0.1, -0.05) is 18.2 Å². The molecule has 0 spiro atoms. The van der Waals surface area contributed by atoms with E-state index in [4.69, 9.17) is 4.74 Å². The molecule has 0 radical (unpaired) electrons. The molecule has 2 aromatic rings. The van der Waals surface area contributed by atoms with E-state index in [0.29, 0.717) is 6.61 Å². The molecular weight excluding hydrogens is 217 g/mol. The topological polar surface area (TPSA) is 21.3 Å². The summed E-state index contributed by atoms with van der Waals surface area (Å²) in [5, 5.41) is 3.29. The zero-order chi connectivity index (χ0) is 11.7. The van der Waals surface area contributed by atoms with Crippen LogP contribution in [0.25, 0.3) is 11.1 Å². The fraction of sp³-hybridized carbons (Fsp3) is 0.143. The maximum Gasteiger partial charge on any atom is 0.142 e. The minimum atomic E-state index is -0.215. The average molecular weight is 229 g/mol. The SMILES string of the molecule is Fc1ccc(-c2ccc3c(c2)NCCO3)cc1. The Labute approximate surface area is 99.0 Å². The maximum atomic E-state index is 12.8. The highest BCUT2D eigenvalue weighted by Gasteiger charge is 2.10. The van der Waals surface area contributed by atoms with Crippen molar-refractivity contribution < 1.29 is 9.13 Å². The molecule has 3 heteroatoms. The van der Waals surface area contributed by atoms with E-state index in [2.05, 4.69) is 5.32 Å². The summed E-state index contributed by atoms with van der Waals surface area (Å²) >= 11 is 0. The van der Waals surface area contributed by atoms with Gasteiger partial charge in [-0.05, 0) is 35.4 Å². The van der Waals surface area contributed by atoms with Crippen LogP contribution in [0.3, 0.4) is 0 Å². The number of hydrogen-bond donors (Lipinski definition) is 1. The fourth-order valence-electron chi connectivity index (χ4n) is 1.96. The zero-order valence-electron chi connectivity index (χ0n) is 9.24. The lowest BCUT2D eigenvalue weighted by atomic mass is 10.0. The van der Waals surface area contributed by atoms with Crippen LogP contribution in [0.4, 0.5) is 10.1 Å². The molecule has 1 heterocycles. The van der Waals surface area contributed by atoms with Crippen molar-refractivity contribution in [2.75, 3.05) is 18.5 Å². The van der Waals surface area contributed by atoms with Crippen molar-refractivity contribution in [3.8, 4) is 16.9 Å². The second-order valence-corrected chi connectivity index (χ2v) is 3.99. The van der Waals surface area contributed by atoms with Gasteiger partial charge in [0, 0.05) is 6.54 Å². The van der Waals surface area contributed by atoms with Crippen LogP contribution in [0.1, 0.15) is 0 Å². The van der Waals surface area contributed by atoms with Gasteiger partial charge in [-0.2, -0.15) is 0 Å². The molecular formula is C14H12FNO. The quantitative estimate of drug-likeness (QED) is 0.810. The first kappa shape index (κ1) is 10.1. The fourth-order valence-corrected chi connectivity index (χ4v) is 1.96. The van der Waals surface area contributed by atoms with Crippen LogP contribution in [0.15, 0.2) is 42.5 Å². The summed E-state index contributed by atoms with van der Waals surface area (Å²) in [4.78, 5) is 0. The van der Waals surface area contributed by atoms with Gasteiger partial charge in [0.05, 0.1) is 5.69 Å². The van der Waals surface area contributed by atoms with Gasteiger partial charge in [0.2, 0.25) is 0 Å². The average Bonchev–Trinajstić information content (AvgIpc) is 2.39. The lowest BCUT2D eigenvalue weighted by Gasteiger charge is -2.19. The van der Waals surface area contributed by atoms with Crippen molar-refractivity contribution >= 4 is 5.69 Å². The summed E-state index contributed by atoms with van der Waals surface area (Å²) in [6.07, 6.45) is 0. The molecule has 2 nitrogen and oxygen atoms in total. The molecule has 0 aromatic heterocycles. The summed E-state index contributed by atoms with van der Waals surface area (Å²) in [6.45, 7) is 1.52. The van der Waals surface area contributed by atoms with E-state index >= 15 is 0 Å². The van der Waals surface area contributed by atoms with E-state index in [9.17, 15) is 4.39 Å². The molecule has 1 N–H and O–H groups in total. The number of ether oxygens (including phenoxy) is 1. The number of anilines is 1. The van der Waals surface area contributed by atoms with E-state index in [1.807, 2.05) is 18.2 Å². The molecule has 3 rings (SSSR count). The first-order valence-electron chi connectivity index (χ1n) is 5.59. The molecule has 0 bridgehead atoms. The summed E-state index contributed by atoms with van der Waals surface area (Å²) in [5.41, 5.74) is 3.06. The summed E-state index contributed by atoms with van der Waals surface area (Å²) in [7, 11) is 0. The van der Waals surface area contributed by atoms with Gasteiger partial charge in [-0.25, -0.2) is 4.39 Å². The molecule has 1 aliphatic rings. The van der Waals surface area contributed by atoms with Crippen LogP contribution in [-0.2, 0) is 0 Å². The Bertz CT molecular complexity index is 536. The molecule has 2 aromatic carbocycles. The molecule has 86 valence electrons. The highest BCUT2D eigenvalue weighted by Crippen LogP contribution is 2.32. The van der Waals surface area contributed by atoms with Crippen LogP contribution in [0, 0.1) is 5.82 Å². The van der Waals surface area contributed by atoms with E-state index in [1.54, 1.807) is 12.1 Å². The van der Waals surface area contributed by atoms with E-state index < -0.39 is 0 Å². The van der Waals surface area contributed by atoms with Crippen LogP contribution in [-0.4, -0.2) is 13.2 Å². The second kappa shape index (κ2) is 4.09. The molecule has 0 unspecified atom stereocenters. The predicted octanol–water partition coefficient (Wildman–Crippen LogP) is 3.30. The number of rotatable bonds is 1. The van der Waals surface area contributed by atoms with Gasteiger partial charge < -0.3 is 10.1 Å². The van der Waals surface area contributed by atoms with Crippen LogP contribution >= 0.6 is 0 Å².